The molecule has 2 atom stereocenters. The lowest BCUT2D eigenvalue weighted by molar-refractivity contribution is 0.00690. The number of nitrogens with zero attached hydrogens (tertiary/aromatic N) is 10. The maximum Gasteiger partial charge on any atom is 0.338 e. The molecule has 20 nitrogen and oxygen atoms in total. The summed E-state index contributed by atoms with van der Waals surface area (Å²) in [6.45, 7) is 11.9. The monoisotopic (exact) mass is 1120 g/mol. The van der Waals surface area contributed by atoms with Crippen molar-refractivity contribution in [2.24, 2.45) is 0 Å². The lowest BCUT2D eigenvalue weighted by Crippen LogP contribution is -2.27. The molecule has 424 valence electrons. The van der Waals surface area contributed by atoms with Crippen LogP contribution in [0.5, 0.6) is 0 Å². The summed E-state index contributed by atoms with van der Waals surface area (Å²) in [4.78, 5) is 72.9. The molecule has 84 heavy (non-hydrogen) atoms. The average molecular weight is 1120 g/mol. The van der Waals surface area contributed by atoms with Gasteiger partial charge in [-0.05, 0) is 169 Å². The van der Waals surface area contributed by atoms with Crippen molar-refractivity contribution in [1.82, 2.24) is 39.2 Å². The second-order valence-corrected chi connectivity index (χ2v) is 21.7. The van der Waals surface area contributed by atoms with Gasteiger partial charge in [0.1, 0.15) is 28.9 Å². The number of pyridine rings is 2. The molecule has 5 N–H and O–H groups in total. The van der Waals surface area contributed by atoms with E-state index in [9.17, 15) is 19.2 Å². The maximum atomic E-state index is 13.2. The van der Waals surface area contributed by atoms with Crippen LogP contribution in [0.3, 0.4) is 0 Å². The number of fused-ring (bicyclic) bond motifs is 2. The molecule has 2 saturated heterocycles. The molecular formula is C64H62N14O6. The van der Waals surface area contributed by atoms with E-state index in [1.54, 1.807) is 101 Å². The zero-order valence-electron chi connectivity index (χ0n) is 47.0. The minimum Gasteiger partial charge on any atom is -0.478 e. The predicted octanol–water partition coefficient (Wildman–Crippen LogP) is 12.2. The summed E-state index contributed by atoms with van der Waals surface area (Å²) in [5.41, 5.74) is 7.60. The Hall–Kier alpha value is -10.5. The number of imidazole rings is 2. The number of amides is 2. The van der Waals surface area contributed by atoms with Crippen molar-refractivity contribution in [3.05, 3.63) is 193 Å². The van der Waals surface area contributed by atoms with Crippen LogP contribution in [0.15, 0.2) is 170 Å². The van der Waals surface area contributed by atoms with E-state index in [1.165, 1.54) is 25.0 Å². The zero-order valence-corrected chi connectivity index (χ0v) is 47.0. The molecule has 6 aromatic heterocycles. The lowest BCUT2D eigenvalue weighted by atomic mass is 10.1. The Labute approximate surface area is 484 Å². The summed E-state index contributed by atoms with van der Waals surface area (Å²) >= 11 is 0. The van der Waals surface area contributed by atoms with Gasteiger partial charge in [0.25, 0.3) is 11.8 Å². The second kappa shape index (κ2) is 23.9. The van der Waals surface area contributed by atoms with Crippen LogP contribution in [0.2, 0.25) is 0 Å². The quantitative estimate of drug-likeness (QED) is 0.0636. The van der Waals surface area contributed by atoms with E-state index in [2.05, 4.69) is 54.9 Å². The smallest absolute Gasteiger partial charge is 0.338 e. The Morgan fingerprint density at radius 1 is 0.548 bits per heavy atom. The highest BCUT2D eigenvalue weighted by molar-refractivity contribution is 6.06. The zero-order chi connectivity index (χ0) is 58.5. The first-order valence-electron chi connectivity index (χ1n) is 27.8. The van der Waals surface area contributed by atoms with Crippen molar-refractivity contribution in [2.75, 3.05) is 44.2 Å². The van der Waals surface area contributed by atoms with E-state index in [0.29, 0.717) is 68.6 Å². The minimum atomic E-state index is -1.02. The van der Waals surface area contributed by atoms with Crippen LogP contribution < -0.4 is 31.1 Å². The highest BCUT2D eigenvalue weighted by Gasteiger charge is 2.24. The van der Waals surface area contributed by atoms with Gasteiger partial charge in [0, 0.05) is 83.6 Å². The Kier molecular flexibility index (Phi) is 15.8. The van der Waals surface area contributed by atoms with Crippen LogP contribution in [-0.2, 0) is 4.74 Å². The number of aromatic nitrogens is 8. The molecule has 8 heterocycles. The number of nitrogens with one attached hydrogen (secondary N) is 4. The first-order chi connectivity index (χ1) is 40.6. The summed E-state index contributed by atoms with van der Waals surface area (Å²) in [6.07, 6.45) is 11.6. The molecule has 2 aliphatic heterocycles. The van der Waals surface area contributed by atoms with E-state index in [1.807, 2.05) is 87.5 Å². The van der Waals surface area contributed by atoms with Crippen molar-refractivity contribution in [1.29, 1.82) is 0 Å². The molecular weight excluding hydrogens is 1060 g/mol. The number of carbonyl (C=O) groups is 4. The molecule has 20 heteroatoms. The number of rotatable bonds is 14. The number of hydrogen-bond acceptors (Lipinski definition) is 15. The van der Waals surface area contributed by atoms with E-state index in [-0.39, 0.29) is 17.4 Å². The van der Waals surface area contributed by atoms with Crippen LogP contribution in [-0.4, -0.2) is 98.8 Å². The standard InChI is InChI=1S/C34H35N7O3.C30H27N7O3/c1-22-8-7-18-40(22)30-12-6-11-29(38-30)37-28-21-27(39-41-19-17-35-31(28)41)24-9-5-10-25(20-24)32(42)36-26-15-13-23(14-16-26)33(43)44-34(2,3)4;1-19-5-4-15-36(19)27-9-3-8-26(34-27)33-25-18-24(35-37-16-14-31-28(25)37)21-6-2-7-22(17-21)29(38)32-23-12-10-20(11-13-23)30(39)40/h5-6,9-17,19-22H,7-8,18H2,1-4H3,(H,36,42)(H,37,38);2-3,6-14,16-19H,4-5,15H2,1H3,(H,32,38)(H,33,34)(H,39,40). The molecule has 0 spiro atoms. The summed E-state index contributed by atoms with van der Waals surface area (Å²) < 4.78 is 8.82. The van der Waals surface area contributed by atoms with Gasteiger partial charge in [-0.25, -0.2) is 38.6 Å². The van der Waals surface area contributed by atoms with E-state index in [0.717, 1.165) is 65.9 Å². The van der Waals surface area contributed by atoms with Gasteiger partial charge in [-0.1, -0.05) is 36.4 Å². The topological polar surface area (TPSA) is 238 Å². The fourth-order valence-corrected chi connectivity index (χ4v) is 10.2. The first kappa shape index (κ1) is 55.4. The van der Waals surface area contributed by atoms with Crippen molar-refractivity contribution in [3.8, 4) is 22.5 Å². The molecule has 0 radical (unpaired) electrons. The van der Waals surface area contributed by atoms with Crippen LogP contribution in [0.25, 0.3) is 33.8 Å². The Morgan fingerprint density at radius 2 is 0.988 bits per heavy atom. The molecule has 0 bridgehead atoms. The number of esters is 1. The van der Waals surface area contributed by atoms with Crippen LogP contribution in [0.4, 0.5) is 46.0 Å². The molecule has 2 amide bonds. The average Bonchev–Trinajstić information content (AvgIpc) is 4.47. The number of anilines is 8. The maximum absolute atomic E-state index is 13.2. The molecule has 12 rings (SSSR count). The van der Waals surface area contributed by atoms with Gasteiger partial charge in [0.15, 0.2) is 11.3 Å². The summed E-state index contributed by atoms with van der Waals surface area (Å²) in [5, 5.41) is 31.1. The molecule has 2 aliphatic rings. The summed E-state index contributed by atoms with van der Waals surface area (Å²) in [5.74, 6) is 1.29. The van der Waals surface area contributed by atoms with Gasteiger partial charge in [-0.2, -0.15) is 10.2 Å². The molecule has 4 aromatic carbocycles. The Bertz CT molecular complexity index is 4060. The highest BCUT2D eigenvalue weighted by atomic mass is 16.6. The third-order valence-electron chi connectivity index (χ3n) is 14.4. The largest absolute Gasteiger partial charge is 0.478 e. The number of carboxylic acid groups (broad SMARTS) is 1. The van der Waals surface area contributed by atoms with Gasteiger partial charge in [-0.15, -0.1) is 0 Å². The molecule has 0 saturated carbocycles. The second-order valence-electron chi connectivity index (χ2n) is 21.7. The third-order valence-corrected chi connectivity index (χ3v) is 14.4. The number of carbonyl (C=O) groups excluding carboxylic acids is 3. The van der Waals surface area contributed by atoms with Crippen LogP contribution >= 0.6 is 0 Å². The highest BCUT2D eigenvalue weighted by Crippen LogP contribution is 2.32. The van der Waals surface area contributed by atoms with Gasteiger partial charge < -0.3 is 40.9 Å². The SMILES string of the molecule is CC1CCCN1c1cccc(Nc2cc(-c3cccc(C(=O)Nc4ccc(C(=O)O)cc4)c3)nn3ccnc23)n1.CC1CCCN1c1cccc(Nc2cc(-c3cccc(C(=O)Nc4ccc(C(=O)OC(C)(C)C)cc4)c3)nn3ccnc23)n1. The fraction of sp³-hybridized carbons (Fsp3) is 0.219. The number of benzene rings is 4. The fourth-order valence-electron chi connectivity index (χ4n) is 10.2. The predicted molar refractivity (Wildman–Crippen MR) is 325 cm³/mol. The van der Waals surface area contributed by atoms with Gasteiger partial charge in [-0.3, -0.25) is 9.59 Å². The molecule has 0 aliphatic carbocycles. The number of carboxylic acids is 1. The Morgan fingerprint density at radius 3 is 1.40 bits per heavy atom. The van der Waals surface area contributed by atoms with E-state index in [4.69, 9.17) is 30.0 Å². The van der Waals surface area contributed by atoms with Crippen molar-refractivity contribution >= 4 is 81.1 Å². The van der Waals surface area contributed by atoms with Crippen molar-refractivity contribution < 1.29 is 29.0 Å². The lowest BCUT2D eigenvalue weighted by Gasteiger charge is -2.23. The Balaban J connectivity index is 0.000000176. The van der Waals surface area contributed by atoms with E-state index >= 15 is 0 Å². The summed E-state index contributed by atoms with van der Waals surface area (Å²) in [6, 6.07) is 43.8. The first-order valence-corrected chi connectivity index (χ1v) is 27.8. The van der Waals surface area contributed by atoms with Gasteiger partial charge in [0.05, 0.1) is 33.9 Å². The van der Waals surface area contributed by atoms with Crippen molar-refractivity contribution in [3.63, 3.8) is 0 Å². The molecule has 2 unspecified atom stereocenters. The van der Waals surface area contributed by atoms with E-state index < -0.39 is 17.5 Å². The number of hydrogen-bond donors (Lipinski definition) is 5. The normalized spacial score (nSPS) is 14.9. The summed E-state index contributed by atoms with van der Waals surface area (Å²) in [7, 11) is 0. The molecule has 10 aromatic rings. The van der Waals surface area contributed by atoms with Gasteiger partial charge >= 0.3 is 11.9 Å². The van der Waals surface area contributed by atoms with Gasteiger partial charge in [0.2, 0.25) is 0 Å². The third kappa shape index (κ3) is 12.8. The van der Waals surface area contributed by atoms with Crippen molar-refractivity contribution in [2.45, 2.75) is 78.0 Å². The van der Waals surface area contributed by atoms with Crippen LogP contribution in [0.1, 0.15) is 102 Å². The number of aromatic carboxylic acids is 1. The minimum absolute atomic E-state index is 0.151. The van der Waals surface area contributed by atoms with Crippen LogP contribution in [0, 0.1) is 0 Å². The number of ether oxygens (including phenoxy) is 1. The molecule has 2 fully saturated rings.